The summed E-state index contributed by atoms with van der Waals surface area (Å²) < 4.78 is 0. The SMILES string of the molecule is CC(C)C[C@H](NC(=O)CNc1ccc(Cl)cc1Cl)C(=O)N[C@H](C#N)C[C@@H]1CCCNC1=O. The predicted molar refractivity (Wildman–Crippen MR) is 124 cm³/mol. The molecule has 0 saturated carbocycles. The van der Waals surface area contributed by atoms with Gasteiger partial charge in [0, 0.05) is 17.5 Å². The third-order valence-corrected chi connectivity index (χ3v) is 5.67. The van der Waals surface area contributed by atoms with E-state index in [1.54, 1.807) is 18.2 Å². The van der Waals surface area contributed by atoms with Gasteiger partial charge in [-0.1, -0.05) is 37.0 Å². The van der Waals surface area contributed by atoms with Crippen molar-refractivity contribution in [1.29, 1.82) is 5.26 Å². The van der Waals surface area contributed by atoms with Crippen LogP contribution in [0.15, 0.2) is 18.2 Å². The molecule has 4 N–H and O–H groups in total. The number of carbonyl (C=O) groups is 3. The lowest BCUT2D eigenvalue weighted by atomic mass is 9.91. The quantitative estimate of drug-likeness (QED) is 0.409. The van der Waals surface area contributed by atoms with Crippen molar-refractivity contribution in [2.24, 2.45) is 11.8 Å². The van der Waals surface area contributed by atoms with Crippen LogP contribution in [0.1, 0.15) is 39.5 Å². The van der Waals surface area contributed by atoms with E-state index in [1.165, 1.54) is 0 Å². The van der Waals surface area contributed by atoms with Crippen LogP contribution in [0.3, 0.4) is 0 Å². The highest BCUT2D eigenvalue weighted by Crippen LogP contribution is 2.25. The van der Waals surface area contributed by atoms with Crippen molar-refractivity contribution in [1.82, 2.24) is 16.0 Å². The van der Waals surface area contributed by atoms with E-state index in [2.05, 4.69) is 27.3 Å². The summed E-state index contributed by atoms with van der Waals surface area (Å²) in [5.41, 5.74) is 0.548. The van der Waals surface area contributed by atoms with Crippen molar-refractivity contribution < 1.29 is 14.4 Å². The first kappa shape index (κ1) is 25.8. The fourth-order valence-electron chi connectivity index (χ4n) is 3.52. The van der Waals surface area contributed by atoms with Crippen LogP contribution in [0.2, 0.25) is 10.0 Å². The van der Waals surface area contributed by atoms with Gasteiger partial charge in [-0.05, 0) is 49.8 Å². The number of amides is 3. The third kappa shape index (κ3) is 8.21. The van der Waals surface area contributed by atoms with E-state index in [0.29, 0.717) is 35.1 Å². The van der Waals surface area contributed by atoms with Crippen LogP contribution >= 0.6 is 23.2 Å². The average molecular weight is 482 g/mol. The molecule has 0 spiro atoms. The average Bonchev–Trinajstić information content (AvgIpc) is 2.73. The molecule has 3 atom stereocenters. The third-order valence-electron chi connectivity index (χ3n) is 5.12. The van der Waals surface area contributed by atoms with E-state index in [0.717, 1.165) is 6.42 Å². The maximum atomic E-state index is 12.8. The number of carbonyl (C=O) groups excluding carboxylic acids is 3. The molecule has 0 aliphatic carbocycles. The molecule has 1 aliphatic rings. The molecule has 0 aromatic heterocycles. The van der Waals surface area contributed by atoms with Gasteiger partial charge < -0.3 is 21.3 Å². The van der Waals surface area contributed by atoms with Crippen LogP contribution < -0.4 is 21.3 Å². The summed E-state index contributed by atoms with van der Waals surface area (Å²) in [4.78, 5) is 37.3. The highest BCUT2D eigenvalue weighted by Gasteiger charge is 2.29. The lowest BCUT2D eigenvalue weighted by molar-refractivity contribution is -0.129. The molecule has 1 fully saturated rings. The molecule has 0 radical (unpaired) electrons. The number of halogens is 2. The Bertz CT molecular complexity index is 872. The Balaban J connectivity index is 1.94. The van der Waals surface area contributed by atoms with Gasteiger partial charge in [-0.15, -0.1) is 0 Å². The van der Waals surface area contributed by atoms with Gasteiger partial charge in [0.2, 0.25) is 17.7 Å². The molecule has 8 nitrogen and oxygen atoms in total. The second kappa shape index (κ2) is 12.5. The number of hydrogen-bond acceptors (Lipinski definition) is 5. The van der Waals surface area contributed by atoms with Crippen LogP contribution in [0.4, 0.5) is 5.69 Å². The monoisotopic (exact) mass is 481 g/mol. The van der Waals surface area contributed by atoms with Gasteiger partial charge in [-0.3, -0.25) is 14.4 Å². The topological polar surface area (TPSA) is 123 Å². The maximum absolute atomic E-state index is 12.8. The molecule has 0 unspecified atom stereocenters. The predicted octanol–water partition coefficient (Wildman–Crippen LogP) is 2.86. The first-order chi connectivity index (χ1) is 15.2. The Morgan fingerprint density at radius 1 is 1.28 bits per heavy atom. The van der Waals surface area contributed by atoms with Crippen LogP contribution in [0.25, 0.3) is 0 Å². The number of nitrogens with one attached hydrogen (secondary N) is 4. The molecule has 1 aliphatic heterocycles. The Hall–Kier alpha value is -2.50. The number of hydrogen-bond donors (Lipinski definition) is 4. The summed E-state index contributed by atoms with van der Waals surface area (Å²) in [6.45, 7) is 4.42. The molecular weight excluding hydrogens is 453 g/mol. The summed E-state index contributed by atoms with van der Waals surface area (Å²) in [5, 5.41) is 21.4. The molecule has 10 heteroatoms. The highest BCUT2D eigenvalue weighted by atomic mass is 35.5. The van der Waals surface area contributed by atoms with E-state index >= 15 is 0 Å². The van der Waals surface area contributed by atoms with E-state index in [9.17, 15) is 19.6 Å². The van der Waals surface area contributed by atoms with Gasteiger partial charge in [-0.25, -0.2) is 0 Å². The van der Waals surface area contributed by atoms with Crippen molar-refractivity contribution in [3.8, 4) is 6.07 Å². The van der Waals surface area contributed by atoms with Crippen LogP contribution in [-0.4, -0.2) is 42.9 Å². The molecule has 0 bridgehead atoms. The maximum Gasteiger partial charge on any atom is 0.243 e. The van der Waals surface area contributed by atoms with Crippen molar-refractivity contribution in [2.45, 2.75) is 51.6 Å². The van der Waals surface area contributed by atoms with Gasteiger partial charge in [0.25, 0.3) is 0 Å². The van der Waals surface area contributed by atoms with E-state index < -0.39 is 23.9 Å². The molecule has 1 aromatic carbocycles. The van der Waals surface area contributed by atoms with Gasteiger partial charge >= 0.3 is 0 Å². The summed E-state index contributed by atoms with van der Waals surface area (Å²) in [7, 11) is 0. The summed E-state index contributed by atoms with van der Waals surface area (Å²) in [5.74, 6) is -1.10. The zero-order valence-electron chi connectivity index (χ0n) is 18.2. The first-order valence-electron chi connectivity index (χ1n) is 10.7. The number of nitrogens with zero attached hydrogens (tertiary/aromatic N) is 1. The zero-order chi connectivity index (χ0) is 23.7. The molecule has 1 aromatic rings. The van der Waals surface area contributed by atoms with Crippen LogP contribution in [0.5, 0.6) is 0 Å². The van der Waals surface area contributed by atoms with Gasteiger partial charge in [0.05, 0.1) is 23.3 Å². The summed E-state index contributed by atoms with van der Waals surface area (Å²) in [6.07, 6.45) is 2.18. The largest absolute Gasteiger partial charge is 0.375 e. The Morgan fingerprint density at radius 2 is 2.03 bits per heavy atom. The van der Waals surface area contributed by atoms with Crippen molar-refractivity contribution in [3.63, 3.8) is 0 Å². The highest BCUT2D eigenvalue weighted by molar-refractivity contribution is 6.36. The van der Waals surface area contributed by atoms with Crippen molar-refractivity contribution in [2.75, 3.05) is 18.4 Å². The molecule has 1 saturated heterocycles. The Morgan fingerprint density at radius 3 is 2.66 bits per heavy atom. The lowest BCUT2D eigenvalue weighted by Gasteiger charge is -2.26. The molecule has 2 rings (SSSR count). The zero-order valence-corrected chi connectivity index (χ0v) is 19.7. The summed E-state index contributed by atoms with van der Waals surface area (Å²) >= 11 is 12.0. The van der Waals surface area contributed by atoms with E-state index in [-0.39, 0.29) is 30.7 Å². The Labute approximate surface area is 198 Å². The number of benzene rings is 1. The first-order valence-corrected chi connectivity index (χ1v) is 11.4. The van der Waals surface area contributed by atoms with Gasteiger partial charge in [0.1, 0.15) is 12.1 Å². The van der Waals surface area contributed by atoms with E-state index in [1.807, 2.05) is 13.8 Å². The van der Waals surface area contributed by atoms with Crippen molar-refractivity contribution in [3.05, 3.63) is 28.2 Å². The van der Waals surface area contributed by atoms with Gasteiger partial charge in [0.15, 0.2) is 0 Å². The minimum atomic E-state index is -0.811. The number of rotatable bonds is 10. The number of nitriles is 1. The molecule has 3 amide bonds. The molecule has 1 heterocycles. The van der Waals surface area contributed by atoms with E-state index in [4.69, 9.17) is 23.2 Å². The van der Waals surface area contributed by atoms with Crippen LogP contribution in [-0.2, 0) is 14.4 Å². The molecule has 32 heavy (non-hydrogen) atoms. The molecular formula is C22H29Cl2N5O3. The van der Waals surface area contributed by atoms with Gasteiger partial charge in [-0.2, -0.15) is 5.26 Å². The summed E-state index contributed by atoms with van der Waals surface area (Å²) in [6, 6.07) is 5.32. The standard InChI is InChI=1S/C22H29Cl2N5O3/c1-13(2)8-19(29-20(30)12-27-18-6-5-15(23)10-17(18)24)22(32)28-16(11-25)9-14-4-3-7-26-21(14)31/h5-6,10,13-14,16,19,27H,3-4,7-9,12H2,1-2H3,(H,26,31)(H,28,32)(H,29,30)/t14-,16-,19-/m0/s1. The molecule has 174 valence electrons. The number of piperidine rings is 1. The Kier molecular flexibility index (Phi) is 10.1. The van der Waals surface area contributed by atoms with Crippen molar-refractivity contribution >= 4 is 46.6 Å². The normalized spacial score (nSPS) is 17.6. The smallest absolute Gasteiger partial charge is 0.243 e. The second-order valence-electron chi connectivity index (χ2n) is 8.28. The fourth-order valence-corrected chi connectivity index (χ4v) is 3.99. The number of anilines is 1. The lowest BCUT2D eigenvalue weighted by Crippen LogP contribution is -2.51. The van der Waals surface area contributed by atoms with Crippen LogP contribution in [0, 0.1) is 23.2 Å². The minimum absolute atomic E-state index is 0.0901. The minimum Gasteiger partial charge on any atom is -0.375 e. The fraction of sp³-hybridized carbons (Fsp3) is 0.545. The second-order valence-corrected chi connectivity index (χ2v) is 9.13.